The summed E-state index contributed by atoms with van der Waals surface area (Å²) < 4.78 is 2.27. The van der Waals surface area contributed by atoms with E-state index in [9.17, 15) is 9.59 Å². The Morgan fingerprint density at radius 2 is 1.56 bits per heavy atom. The van der Waals surface area contributed by atoms with Crippen molar-refractivity contribution in [3.8, 4) is 11.3 Å². The number of aryl methyl sites for hydroxylation is 1. The van der Waals surface area contributed by atoms with Crippen molar-refractivity contribution in [3.05, 3.63) is 82.5 Å². The molecule has 0 unspecified atom stereocenters. The van der Waals surface area contributed by atoms with E-state index in [1.807, 2.05) is 30.3 Å². The lowest BCUT2D eigenvalue weighted by Crippen LogP contribution is -2.16. The van der Waals surface area contributed by atoms with E-state index in [0.717, 1.165) is 54.7 Å². The van der Waals surface area contributed by atoms with Crippen LogP contribution >= 0.6 is 0 Å². The van der Waals surface area contributed by atoms with Gasteiger partial charge in [0.05, 0.1) is 16.8 Å². The summed E-state index contributed by atoms with van der Waals surface area (Å²) in [5, 5.41) is 0. The normalized spacial score (nSPS) is 14.8. The third-order valence-electron chi connectivity index (χ3n) is 5.81. The molecule has 1 aromatic heterocycles. The fourth-order valence-corrected chi connectivity index (χ4v) is 4.63. The molecule has 134 valence electrons. The number of hydrogen-bond donors (Lipinski definition) is 0. The SMILES string of the molecule is O=C1CCCc2c1c1c(n2CCCc2ccccc2)-c2ccccc2C1=O. The lowest BCUT2D eigenvalue weighted by molar-refractivity contribution is 0.0959. The van der Waals surface area contributed by atoms with E-state index in [1.54, 1.807) is 0 Å². The Labute approximate surface area is 158 Å². The quantitative estimate of drug-likeness (QED) is 0.525. The van der Waals surface area contributed by atoms with E-state index in [-0.39, 0.29) is 11.6 Å². The van der Waals surface area contributed by atoms with Crippen molar-refractivity contribution in [1.29, 1.82) is 0 Å². The van der Waals surface area contributed by atoms with E-state index in [1.165, 1.54) is 5.56 Å². The maximum atomic E-state index is 13.0. The molecule has 27 heavy (non-hydrogen) atoms. The zero-order valence-corrected chi connectivity index (χ0v) is 15.2. The summed E-state index contributed by atoms with van der Waals surface area (Å²) in [7, 11) is 0. The van der Waals surface area contributed by atoms with Crippen LogP contribution in [0.1, 0.15) is 56.8 Å². The van der Waals surface area contributed by atoms with Crippen LogP contribution < -0.4 is 0 Å². The number of Topliss-reactive ketones (excluding diaryl/α,β-unsaturated/α-hetero) is 1. The molecule has 0 aliphatic heterocycles. The molecule has 5 rings (SSSR count). The largest absolute Gasteiger partial charge is 0.343 e. The van der Waals surface area contributed by atoms with Crippen LogP contribution in [0.2, 0.25) is 0 Å². The standard InChI is InChI=1S/C24H21NO2/c26-20-14-6-13-19-21(20)22-23(17-11-4-5-12-18(17)24(22)27)25(19)15-7-10-16-8-2-1-3-9-16/h1-5,8-9,11-12H,6-7,10,13-15H2. The molecule has 0 fully saturated rings. The van der Waals surface area contributed by atoms with Gasteiger partial charge in [-0.2, -0.15) is 0 Å². The lowest BCUT2D eigenvalue weighted by Gasteiger charge is -2.17. The second-order valence-electron chi connectivity index (χ2n) is 7.44. The van der Waals surface area contributed by atoms with Crippen LogP contribution in [-0.4, -0.2) is 16.1 Å². The third-order valence-corrected chi connectivity index (χ3v) is 5.81. The number of carbonyl (C=O) groups is 2. The van der Waals surface area contributed by atoms with Crippen LogP contribution in [0, 0.1) is 0 Å². The summed E-state index contributed by atoms with van der Waals surface area (Å²) in [5.41, 5.74) is 6.46. The third kappa shape index (κ3) is 2.49. The number of hydrogen-bond acceptors (Lipinski definition) is 2. The first kappa shape index (κ1) is 16.2. The van der Waals surface area contributed by atoms with Crippen molar-refractivity contribution in [2.24, 2.45) is 0 Å². The molecule has 0 N–H and O–H groups in total. The zero-order chi connectivity index (χ0) is 18.4. The van der Waals surface area contributed by atoms with Gasteiger partial charge in [0.15, 0.2) is 11.6 Å². The van der Waals surface area contributed by atoms with Gasteiger partial charge in [-0.25, -0.2) is 0 Å². The van der Waals surface area contributed by atoms with Crippen molar-refractivity contribution < 1.29 is 9.59 Å². The van der Waals surface area contributed by atoms with Gasteiger partial charge >= 0.3 is 0 Å². The van der Waals surface area contributed by atoms with Crippen molar-refractivity contribution in [2.45, 2.75) is 38.6 Å². The second kappa shape index (κ2) is 6.34. The van der Waals surface area contributed by atoms with Crippen molar-refractivity contribution in [1.82, 2.24) is 4.57 Å². The molecule has 1 heterocycles. The Kier molecular flexibility index (Phi) is 3.82. The average molecular weight is 355 g/mol. The molecule has 2 aromatic carbocycles. The molecule has 0 spiro atoms. The summed E-state index contributed by atoms with van der Waals surface area (Å²) in [5.74, 6) is 0.157. The van der Waals surface area contributed by atoms with Gasteiger partial charge in [0.1, 0.15) is 0 Å². The molecule has 2 aliphatic rings. The van der Waals surface area contributed by atoms with E-state index in [0.29, 0.717) is 17.5 Å². The molecule has 0 radical (unpaired) electrons. The zero-order valence-electron chi connectivity index (χ0n) is 15.2. The minimum atomic E-state index is 0.0221. The smallest absolute Gasteiger partial charge is 0.196 e. The lowest BCUT2D eigenvalue weighted by atomic mass is 9.92. The number of nitrogens with zero attached hydrogens (tertiary/aromatic N) is 1. The summed E-state index contributed by atoms with van der Waals surface area (Å²) in [4.78, 5) is 25.7. The fraction of sp³-hybridized carbons (Fsp3) is 0.250. The monoisotopic (exact) mass is 355 g/mol. The highest BCUT2D eigenvalue weighted by molar-refractivity contribution is 6.26. The molecule has 3 heteroatoms. The average Bonchev–Trinajstić information content (AvgIpc) is 3.18. The van der Waals surface area contributed by atoms with Crippen LogP contribution in [0.4, 0.5) is 0 Å². The molecule has 0 atom stereocenters. The summed E-state index contributed by atoms with van der Waals surface area (Å²) >= 11 is 0. The van der Waals surface area contributed by atoms with Gasteiger partial charge in [0.25, 0.3) is 0 Å². The Morgan fingerprint density at radius 3 is 2.37 bits per heavy atom. The van der Waals surface area contributed by atoms with Crippen LogP contribution in [0.15, 0.2) is 54.6 Å². The highest BCUT2D eigenvalue weighted by Gasteiger charge is 2.38. The molecule has 3 nitrogen and oxygen atoms in total. The topological polar surface area (TPSA) is 39.1 Å². The summed E-state index contributed by atoms with van der Waals surface area (Å²) in [6.45, 7) is 0.835. The number of ketones is 2. The van der Waals surface area contributed by atoms with Crippen LogP contribution in [-0.2, 0) is 19.4 Å². The predicted octanol–water partition coefficient (Wildman–Crippen LogP) is 4.85. The first-order valence-electron chi connectivity index (χ1n) is 9.72. The van der Waals surface area contributed by atoms with E-state index >= 15 is 0 Å². The van der Waals surface area contributed by atoms with Gasteiger partial charge in [-0.05, 0) is 31.2 Å². The van der Waals surface area contributed by atoms with Crippen LogP contribution in [0.3, 0.4) is 0 Å². The first-order valence-corrected chi connectivity index (χ1v) is 9.72. The van der Waals surface area contributed by atoms with Crippen molar-refractivity contribution in [3.63, 3.8) is 0 Å². The minimum Gasteiger partial charge on any atom is -0.343 e. The molecule has 0 bridgehead atoms. The van der Waals surface area contributed by atoms with Crippen LogP contribution in [0.5, 0.6) is 0 Å². The van der Waals surface area contributed by atoms with Gasteiger partial charge in [0, 0.05) is 29.8 Å². The molecule has 0 saturated heterocycles. The van der Waals surface area contributed by atoms with Crippen LogP contribution in [0.25, 0.3) is 11.3 Å². The van der Waals surface area contributed by atoms with Gasteiger partial charge in [-0.3, -0.25) is 9.59 Å². The highest BCUT2D eigenvalue weighted by atomic mass is 16.1. The van der Waals surface area contributed by atoms with E-state index in [2.05, 4.69) is 28.8 Å². The molecule has 0 saturated carbocycles. The molecule has 2 aliphatic carbocycles. The van der Waals surface area contributed by atoms with Gasteiger partial charge in [0.2, 0.25) is 0 Å². The van der Waals surface area contributed by atoms with Gasteiger partial charge in [-0.15, -0.1) is 0 Å². The first-order chi connectivity index (χ1) is 13.3. The highest BCUT2D eigenvalue weighted by Crippen LogP contribution is 2.43. The molecular formula is C24H21NO2. The van der Waals surface area contributed by atoms with E-state index < -0.39 is 0 Å². The second-order valence-corrected chi connectivity index (χ2v) is 7.44. The fourth-order valence-electron chi connectivity index (χ4n) is 4.63. The number of aromatic nitrogens is 1. The number of carbonyl (C=O) groups excluding carboxylic acids is 2. The van der Waals surface area contributed by atoms with Crippen molar-refractivity contribution in [2.75, 3.05) is 0 Å². The summed E-state index contributed by atoms with van der Waals surface area (Å²) in [6.07, 6.45) is 4.30. The number of benzene rings is 2. The van der Waals surface area contributed by atoms with Gasteiger partial charge < -0.3 is 4.57 Å². The number of fused-ring (bicyclic) bond motifs is 5. The summed E-state index contributed by atoms with van der Waals surface area (Å²) in [6, 6.07) is 18.2. The maximum Gasteiger partial charge on any atom is 0.196 e. The molecular weight excluding hydrogens is 334 g/mol. The Morgan fingerprint density at radius 1 is 0.815 bits per heavy atom. The molecule has 3 aromatic rings. The Bertz CT molecular complexity index is 1060. The maximum absolute atomic E-state index is 13.0. The minimum absolute atomic E-state index is 0.0221. The van der Waals surface area contributed by atoms with Gasteiger partial charge in [-0.1, -0.05) is 54.6 Å². The Balaban J connectivity index is 1.58. The van der Waals surface area contributed by atoms with E-state index in [4.69, 9.17) is 0 Å². The number of rotatable bonds is 4. The predicted molar refractivity (Wildman–Crippen MR) is 105 cm³/mol. The van der Waals surface area contributed by atoms with Crippen molar-refractivity contribution >= 4 is 11.6 Å². The Hall–Kier alpha value is -2.94. The molecule has 0 amide bonds.